The lowest BCUT2D eigenvalue weighted by molar-refractivity contribution is 0.547. The molecule has 5 heteroatoms. The first-order chi connectivity index (χ1) is 9.06. The van der Waals surface area contributed by atoms with Crippen molar-refractivity contribution < 1.29 is 0 Å². The van der Waals surface area contributed by atoms with Gasteiger partial charge in [-0.1, -0.05) is 47.4 Å². The molecule has 0 spiro atoms. The zero-order valence-electron chi connectivity index (χ0n) is 11.0. The van der Waals surface area contributed by atoms with Crippen LogP contribution in [0.25, 0.3) is 0 Å². The summed E-state index contributed by atoms with van der Waals surface area (Å²) in [6, 6.07) is 8.42. The lowest BCUT2D eigenvalue weighted by Crippen LogP contribution is -2.23. The highest BCUT2D eigenvalue weighted by Crippen LogP contribution is 2.22. The molecule has 1 aromatic carbocycles. The summed E-state index contributed by atoms with van der Waals surface area (Å²) in [7, 11) is 0. The highest BCUT2D eigenvalue weighted by molar-refractivity contribution is 9.10. The summed E-state index contributed by atoms with van der Waals surface area (Å²) in [6.07, 6.45) is 1.82. The van der Waals surface area contributed by atoms with Crippen molar-refractivity contribution in [1.29, 1.82) is 0 Å². The molecule has 0 aliphatic heterocycles. The second kappa shape index (κ2) is 6.55. The quantitative estimate of drug-likeness (QED) is 0.894. The number of hydrogen-bond acceptors (Lipinski definition) is 2. The Balaban J connectivity index is 2.12. The third kappa shape index (κ3) is 4.06. The number of halogens is 2. The van der Waals surface area contributed by atoms with E-state index in [4.69, 9.17) is 11.6 Å². The SMILES string of the molecule is CC(C)NCc1ccnn1Cc1ccc(Br)cc1Cl. The third-order valence-corrected chi connectivity index (χ3v) is 3.68. The van der Waals surface area contributed by atoms with Crippen LogP contribution in [0.4, 0.5) is 0 Å². The van der Waals surface area contributed by atoms with Gasteiger partial charge >= 0.3 is 0 Å². The van der Waals surface area contributed by atoms with Crippen LogP contribution >= 0.6 is 27.5 Å². The van der Waals surface area contributed by atoms with E-state index in [1.54, 1.807) is 0 Å². The molecule has 1 heterocycles. The van der Waals surface area contributed by atoms with Gasteiger partial charge in [-0.2, -0.15) is 5.10 Å². The number of aromatic nitrogens is 2. The van der Waals surface area contributed by atoms with Crippen LogP contribution in [0.3, 0.4) is 0 Å². The van der Waals surface area contributed by atoms with Crippen molar-refractivity contribution in [2.75, 3.05) is 0 Å². The van der Waals surface area contributed by atoms with E-state index in [1.165, 1.54) is 0 Å². The molecule has 1 N–H and O–H groups in total. The van der Waals surface area contributed by atoms with Crippen molar-refractivity contribution in [3.63, 3.8) is 0 Å². The van der Waals surface area contributed by atoms with Crippen LogP contribution in [0.15, 0.2) is 34.9 Å². The second-order valence-electron chi connectivity index (χ2n) is 4.75. The van der Waals surface area contributed by atoms with Gasteiger partial charge in [-0.05, 0) is 23.8 Å². The van der Waals surface area contributed by atoms with E-state index in [1.807, 2.05) is 35.1 Å². The maximum Gasteiger partial charge on any atom is 0.0677 e. The molecule has 102 valence electrons. The van der Waals surface area contributed by atoms with E-state index in [2.05, 4.69) is 40.2 Å². The monoisotopic (exact) mass is 341 g/mol. The van der Waals surface area contributed by atoms with Gasteiger partial charge in [0.15, 0.2) is 0 Å². The summed E-state index contributed by atoms with van der Waals surface area (Å²) in [6.45, 7) is 5.76. The Kier molecular flexibility index (Phi) is 5.02. The van der Waals surface area contributed by atoms with Crippen LogP contribution in [0.1, 0.15) is 25.1 Å². The average molecular weight is 343 g/mol. The summed E-state index contributed by atoms with van der Waals surface area (Å²) in [4.78, 5) is 0. The van der Waals surface area contributed by atoms with Crippen LogP contribution in [0.2, 0.25) is 5.02 Å². The fourth-order valence-corrected chi connectivity index (χ4v) is 2.51. The van der Waals surface area contributed by atoms with E-state index < -0.39 is 0 Å². The Morgan fingerprint density at radius 3 is 2.84 bits per heavy atom. The molecule has 2 rings (SSSR count). The molecular weight excluding hydrogens is 326 g/mol. The molecule has 0 bridgehead atoms. The first kappa shape index (κ1) is 14.6. The molecule has 0 aliphatic carbocycles. The third-order valence-electron chi connectivity index (χ3n) is 2.83. The van der Waals surface area contributed by atoms with Gasteiger partial charge in [0, 0.05) is 28.3 Å². The molecule has 0 radical (unpaired) electrons. The molecule has 0 aliphatic rings. The molecule has 0 amide bonds. The fraction of sp³-hybridized carbons (Fsp3) is 0.357. The molecule has 0 fully saturated rings. The Labute approximate surface area is 127 Å². The van der Waals surface area contributed by atoms with Gasteiger partial charge in [0.25, 0.3) is 0 Å². The summed E-state index contributed by atoms with van der Waals surface area (Å²) >= 11 is 9.65. The van der Waals surface area contributed by atoms with Gasteiger partial charge in [-0.3, -0.25) is 4.68 Å². The number of nitrogens with one attached hydrogen (secondary N) is 1. The molecule has 2 aromatic rings. The Morgan fingerprint density at radius 2 is 2.16 bits per heavy atom. The van der Waals surface area contributed by atoms with Gasteiger partial charge in [-0.15, -0.1) is 0 Å². The van der Waals surface area contributed by atoms with E-state index >= 15 is 0 Å². The molecule has 0 unspecified atom stereocenters. The first-order valence-electron chi connectivity index (χ1n) is 6.24. The van der Waals surface area contributed by atoms with Gasteiger partial charge in [0.1, 0.15) is 0 Å². The van der Waals surface area contributed by atoms with E-state index in [-0.39, 0.29) is 0 Å². The smallest absolute Gasteiger partial charge is 0.0677 e. The van der Waals surface area contributed by atoms with Crippen molar-refractivity contribution >= 4 is 27.5 Å². The number of rotatable bonds is 5. The van der Waals surface area contributed by atoms with Crippen LogP contribution in [0.5, 0.6) is 0 Å². The maximum atomic E-state index is 6.24. The summed E-state index contributed by atoms with van der Waals surface area (Å²) in [5.74, 6) is 0. The lowest BCUT2D eigenvalue weighted by atomic mass is 10.2. The van der Waals surface area contributed by atoms with Crippen molar-refractivity contribution in [2.45, 2.75) is 33.0 Å². The van der Waals surface area contributed by atoms with Crippen molar-refractivity contribution in [3.8, 4) is 0 Å². The molecule has 0 saturated carbocycles. The minimum atomic E-state index is 0.458. The molecule has 0 atom stereocenters. The predicted octanol–water partition coefficient (Wildman–Crippen LogP) is 3.85. The largest absolute Gasteiger partial charge is 0.309 e. The van der Waals surface area contributed by atoms with Gasteiger partial charge in [0.05, 0.1) is 12.2 Å². The van der Waals surface area contributed by atoms with Crippen LogP contribution in [-0.4, -0.2) is 15.8 Å². The fourth-order valence-electron chi connectivity index (χ4n) is 1.77. The standard InChI is InChI=1S/C14H17BrClN3/c1-10(2)17-8-13-5-6-18-19(13)9-11-3-4-12(15)7-14(11)16/h3-7,10,17H,8-9H2,1-2H3. The van der Waals surface area contributed by atoms with Gasteiger partial charge < -0.3 is 5.32 Å². The number of benzene rings is 1. The van der Waals surface area contributed by atoms with Gasteiger partial charge in [-0.25, -0.2) is 0 Å². The minimum Gasteiger partial charge on any atom is -0.309 e. The molecule has 19 heavy (non-hydrogen) atoms. The number of hydrogen-bond donors (Lipinski definition) is 1. The van der Waals surface area contributed by atoms with Crippen molar-refractivity contribution in [2.24, 2.45) is 0 Å². The Bertz CT molecular complexity index is 551. The summed E-state index contributed by atoms with van der Waals surface area (Å²) < 4.78 is 2.97. The highest BCUT2D eigenvalue weighted by Gasteiger charge is 2.07. The average Bonchev–Trinajstić information content (AvgIpc) is 2.77. The first-order valence-corrected chi connectivity index (χ1v) is 7.41. The minimum absolute atomic E-state index is 0.458. The zero-order valence-corrected chi connectivity index (χ0v) is 13.4. The van der Waals surface area contributed by atoms with E-state index in [0.29, 0.717) is 12.6 Å². The maximum absolute atomic E-state index is 6.24. The van der Waals surface area contributed by atoms with Crippen LogP contribution < -0.4 is 5.32 Å². The second-order valence-corrected chi connectivity index (χ2v) is 6.07. The van der Waals surface area contributed by atoms with E-state index in [0.717, 1.165) is 27.3 Å². The Hall–Kier alpha value is -0.840. The van der Waals surface area contributed by atoms with Gasteiger partial charge in [0.2, 0.25) is 0 Å². The molecular formula is C14H17BrClN3. The van der Waals surface area contributed by atoms with E-state index in [9.17, 15) is 0 Å². The summed E-state index contributed by atoms with van der Waals surface area (Å²) in [5.41, 5.74) is 2.23. The lowest BCUT2D eigenvalue weighted by Gasteiger charge is -2.11. The number of nitrogens with zero attached hydrogens (tertiary/aromatic N) is 2. The zero-order chi connectivity index (χ0) is 13.8. The topological polar surface area (TPSA) is 29.9 Å². The molecule has 1 aromatic heterocycles. The Morgan fingerprint density at radius 1 is 1.37 bits per heavy atom. The van der Waals surface area contributed by atoms with Crippen molar-refractivity contribution in [1.82, 2.24) is 15.1 Å². The molecule has 0 saturated heterocycles. The van der Waals surface area contributed by atoms with Crippen LogP contribution in [0, 0.1) is 0 Å². The predicted molar refractivity (Wildman–Crippen MR) is 82.5 cm³/mol. The van der Waals surface area contributed by atoms with Crippen LogP contribution in [-0.2, 0) is 13.1 Å². The summed E-state index contributed by atoms with van der Waals surface area (Å²) in [5, 5.41) is 8.51. The highest BCUT2D eigenvalue weighted by atomic mass is 79.9. The van der Waals surface area contributed by atoms with Crippen molar-refractivity contribution in [3.05, 3.63) is 51.2 Å². The molecule has 3 nitrogen and oxygen atoms in total. The normalized spacial score (nSPS) is 11.2.